The van der Waals surface area contributed by atoms with Crippen molar-refractivity contribution in [1.82, 2.24) is 20.1 Å². The van der Waals surface area contributed by atoms with Gasteiger partial charge in [-0.2, -0.15) is 0 Å². The Hall–Kier alpha value is -1.27. The highest BCUT2D eigenvalue weighted by Gasteiger charge is 2.30. The third-order valence-corrected chi connectivity index (χ3v) is 6.43. The van der Waals surface area contributed by atoms with Crippen molar-refractivity contribution < 1.29 is 4.42 Å². The average Bonchev–Trinajstić information content (AvgIpc) is 3.20. The van der Waals surface area contributed by atoms with Crippen LogP contribution in [0.4, 0.5) is 0 Å². The van der Waals surface area contributed by atoms with Crippen LogP contribution in [-0.4, -0.2) is 33.2 Å². The highest BCUT2D eigenvalue weighted by molar-refractivity contribution is 7.11. The zero-order chi connectivity index (χ0) is 15.8. The molecule has 1 saturated heterocycles. The Morgan fingerprint density at radius 2 is 2.09 bits per heavy atom. The molecule has 2 aliphatic rings. The minimum absolute atomic E-state index is 0.189. The summed E-state index contributed by atoms with van der Waals surface area (Å²) in [5.41, 5.74) is 1.38. The second-order valence-electron chi connectivity index (χ2n) is 6.80. The summed E-state index contributed by atoms with van der Waals surface area (Å²) in [5, 5.41) is 9.53. The van der Waals surface area contributed by atoms with E-state index in [1.54, 1.807) is 4.88 Å². The summed E-state index contributed by atoms with van der Waals surface area (Å²) in [6.45, 7) is 6.17. The molecule has 0 spiro atoms. The van der Waals surface area contributed by atoms with Gasteiger partial charge in [0.15, 0.2) is 0 Å². The lowest BCUT2D eigenvalue weighted by molar-refractivity contribution is 0.138. The van der Waals surface area contributed by atoms with Crippen LogP contribution in [0.25, 0.3) is 0 Å². The van der Waals surface area contributed by atoms with Crippen molar-refractivity contribution in [2.24, 2.45) is 0 Å². The SMILES string of the molecule is Cc1nnc([C@H](C)N2CCC[C@@H](c3nc4c(s3)CCCC4)C2)o1. The van der Waals surface area contributed by atoms with Gasteiger partial charge in [-0.1, -0.05) is 0 Å². The normalized spacial score (nSPS) is 23.7. The Bertz CT molecular complexity index is 656. The van der Waals surface area contributed by atoms with E-state index in [9.17, 15) is 0 Å². The fourth-order valence-electron chi connectivity index (χ4n) is 3.74. The number of aryl methyl sites for hydroxylation is 3. The first-order valence-corrected chi connectivity index (χ1v) is 9.55. The van der Waals surface area contributed by atoms with Crippen LogP contribution >= 0.6 is 11.3 Å². The standard InChI is InChI=1S/C17H24N4OS/c1-11(16-20-19-12(2)22-16)21-9-5-6-13(10-21)17-18-14-7-3-4-8-15(14)23-17/h11,13H,3-10H2,1-2H3/t11-,13+/m0/s1. The van der Waals surface area contributed by atoms with Gasteiger partial charge in [0.1, 0.15) is 0 Å². The van der Waals surface area contributed by atoms with Crippen LogP contribution in [0.5, 0.6) is 0 Å². The number of hydrogen-bond acceptors (Lipinski definition) is 6. The number of thiazole rings is 1. The minimum Gasteiger partial charge on any atom is -0.424 e. The summed E-state index contributed by atoms with van der Waals surface area (Å²) in [4.78, 5) is 9.00. The van der Waals surface area contributed by atoms with Crippen molar-refractivity contribution >= 4 is 11.3 Å². The molecule has 0 aromatic carbocycles. The van der Waals surface area contributed by atoms with Gasteiger partial charge in [0.25, 0.3) is 0 Å². The van der Waals surface area contributed by atoms with E-state index in [-0.39, 0.29) is 6.04 Å². The fourth-order valence-corrected chi connectivity index (χ4v) is 5.02. The van der Waals surface area contributed by atoms with Gasteiger partial charge in [-0.3, -0.25) is 4.90 Å². The van der Waals surface area contributed by atoms with Crippen LogP contribution < -0.4 is 0 Å². The maximum absolute atomic E-state index is 5.63. The van der Waals surface area contributed by atoms with Gasteiger partial charge in [0.2, 0.25) is 11.8 Å². The molecule has 5 nitrogen and oxygen atoms in total. The predicted molar refractivity (Wildman–Crippen MR) is 89.8 cm³/mol. The van der Waals surface area contributed by atoms with Crippen LogP contribution in [0.2, 0.25) is 0 Å². The molecule has 4 rings (SSSR count). The molecule has 1 fully saturated rings. The van der Waals surface area contributed by atoms with Crippen molar-refractivity contribution in [3.8, 4) is 0 Å². The predicted octanol–water partition coefficient (Wildman–Crippen LogP) is 3.65. The topological polar surface area (TPSA) is 55.1 Å². The first-order chi connectivity index (χ1) is 11.2. The summed E-state index contributed by atoms with van der Waals surface area (Å²) in [6.07, 6.45) is 7.52. The van der Waals surface area contributed by atoms with Crippen LogP contribution in [0.1, 0.15) is 71.9 Å². The fraction of sp³-hybridized carbons (Fsp3) is 0.706. The Labute approximate surface area is 141 Å². The van der Waals surface area contributed by atoms with E-state index in [1.165, 1.54) is 49.2 Å². The summed E-state index contributed by atoms with van der Waals surface area (Å²) >= 11 is 1.97. The van der Waals surface area contributed by atoms with Gasteiger partial charge in [-0.25, -0.2) is 4.98 Å². The Balaban J connectivity index is 1.49. The molecule has 124 valence electrons. The van der Waals surface area contributed by atoms with Gasteiger partial charge in [0, 0.05) is 24.3 Å². The number of aromatic nitrogens is 3. The molecule has 0 bridgehead atoms. The van der Waals surface area contributed by atoms with Crippen LogP contribution in [0, 0.1) is 6.92 Å². The number of hydrogen-bond donors (Lipinski definition) is 0. The number of rotatable bonds is 3. The number of fused-ring (bicyclic) bond motifs is 1. The zero-order valence-electron chi connectivity index (χ0n) is 13.9. The van der Waals surface area contributed by atoms with E-state index in [1.807, 2.05) is 18.3 Å². The summed E-state index contributed by atoms with van der Waals surface area (Å²) in [6, 6.07) is 0.189. The van der Waals surface area contributed by atoms with Gasteiger partial charge in [-0.05, 0) is 52.0 Å². The first-order valence-electron chi connectivity index (χ1n) is 8.73. The van der Waals surface area contributed by atoms with Crippen molar-refractivity contribution in [2.45, 2.75) is 64.3 Å². The maximum atomic E-state index is 5.63. The molecule has 2 aromatic rings. The summed E-state index contributed by atoms with van der Waals surface area (Å²) in [5.74, 6) is 1.94. The molecule has 2 aromatic heterocycles. The molecule has 23 heavy (non-hydrogen) atoms. The van der Waals surface area contributed by atoms with Crippen LogP contribution in [-0.2, 0) is 12.8 Å². The Morgan fingerprint density at radius 3 is 2.87 bits per heavy atom. The molecule has 2 atom stereocenters. The molecular formula is C17H24N4OS. The Morgan fingerprint density at radius 1 is 1.22 bits per heavy atom. The second kappa shape index (κ2) is 6.32. The van der Waals surface area contributed by atoms with E-state index in [2.05, 4.69) is 22.0 Å². The second-order valence-corrected chi connectivity index (χ2v) is 7.91. The van der Waals surface area contributed by atoms with E-state index < -0.39 is 0 Å². The highest BCUT2D eigenvalue weighted by Crippen LogP contribution is 2.36. The van der Waals surface area contributed by atoms with E-state index in [0.29, 0.717) is 11.8 Å². The minimum atomic E-state index is 0.189. The molecule has 3 heterocycles. The van der Waals surface area contributed by atoms with Crippen molar-refractivity contribution in [3.63, 3.8) is 0 Å². The lowest BCUT2D eigenvalue weighted by Crippen LogP contribution is -2.36. The monoisotopic (exact) mass is 332 g/mol. The number of likely N-dealkylation sites (tertiary alicyclic amines) is 1. The summed E-state index contributed by atoms with van der Waals surface area (Å²) in [7, 11) is 0. The molecule has 1 aliphatic heterocycles. The smallest absolute Gasteiger partial charge is 0.233 e. The molecule has 0 N–H and O–H groups in total. The van der Waals surface area contributed by atoms with Gasteiger partial charge in [-0.15, -0.1) is 21.5 Å². The number of piperidine rings is 1. The molecule has 0 radical (unpaired) electrons. The van der Waals surface area contributed by atoms with Crippen LogP contribution in [0.3, 0.4) is 0 Å². The summed E-state index contributed by atoms with van der Waals surface area (Å²) < 4.78 is 5.63. The van der Waals surface area contributed by atoms with Crippen molar-refractivity contribution in [3.05, 3.63) is 27.4 Å². The van der Waals surface area contributed by atoms with Crippen molar-refractivity contribution in [2.75, 3.05) is 13.1 Å². The lowest BCUT2D eigenvalue weighted by Gasteiger charge is -2.34. The number of nitrogens with zero attached hydrogens (tertiary/aromatic N) is 4. The molecule has 0 saturated carbocycles. The molecule has 0 unspecified atom stereocenters. The quantitative estimate of drug-likeness (QED) is 0.858. The van der Waals surface area contributed by atoms with Crippen molar-refractivity contribution in [1.29, 1.82) is 0 Å². The van der Waals surface area contributed by atoms with Gasteiger partial charge in [0.05, 0.1) is 16.7 Å². The largest absolute Gasteiger partial charge is 0.424 e. The van der Waals surface area contributed by atoms with E-state index in [4.69, 9.17) is 9.40 Å². The van der Waals surface area contributed by atoms with E-state index in [0.717, 1.165) is 19.0 Å². The average molecular weight is 332 g/mol. The van der Waals surface area contributed by atoms with Gasteiger partial charge < -0.3 is 4.42 Å². The maximum Gasteiger partial charge on any atom is 0.233 e. The Kier molecular flexibility index (Phi) is 4.20. The highest BCUT2D eigenvalue weighted by atomic mass is 32.1. The molecule has 0 amide bonds. The third-order valence-electron chi connectivity index (χ3n) is 5.11. The first kappa shape index (κ1) is 15.3. The van der Waals surface area contributed by atoms with Gasteiger partial charge >= 0.3 is 0 Å². The molecular weight excluding hydrogens is 308 g/mol. The zero-order valence-corrected chi connectivity index (χ0v) is 14.7. The third kappa shape index (κ3) is 3.06. The lowest BCUT2D eigenvalue weighted by atomic mass is 9.97. The van der Waals surface area contributed by atoms with E-state index >= 15 is 0 Å². The molecule has 6 heteroatoms. The molecule has 1 aliphatic carbocycles. The van der Waals surface area contributed by atoms with Crippen LogP contribution in [0.15, 0.2) is 4.42 Å².